The van der Waals surface area contributed by atoms with E-state index in [9.17, 15) is 4.79 Å². The Hall–Kier alpha value is -3.05. The lowest BCUT2D eigenvalue weighted by Crippen LogP contribution is -2.26. The second-order valence-electron chi connectivity index (χ2n) is 8.00. The number of rotatable bonds is 3. The topological polar surface area (TPSA) is 50.4 Å². The molecule has 1 heterocycles. The molecule has 3 aromatic rings. The van der Waals surface area contributed by atoms with Gasteiger partial charge >= 0.3 is 0 Å². The first-order chi connectivity index (χ1) is 15.1. The molecule has 0 fully saturated rings. The molecule has 5 rings (SSSR count). The van der Waals surface area contributed by atoms with E-state index < -0.39 is 0 Å². The Labute approximate surface area is 190 Å². The zero-order valence-electron chi connectivity index (χ0n) is 17.2. The van der Waals surface area contributed by atoms with Crippen LogP contribution in [0.15, 0.2) is 88.5 Å². The minimum absolute atomic E-state index is 0.137. The zero-order valence-corrected chi connectivity index (χ0v) is 18.8. The molecular weight excluding hydrogens is 452 g/mol. The van der Waals surface area contributed by atoms with E-state index in [1.165, 1.54) is 0 Å². The number of Topliss-reactive ketones (excluding diaryl/α,β-unsaturated/α-hetero) is 1. The molecule has 3 aromatic carbocycles. The first-order valence-corrected chi connectivity index (χ1v) is 11.2. The molecule has 0 aromatic heterocycles. The van der Waals surface area contributed by atoms with Gasteiger partial charge < -0.3 is 15.4 Å². The summed E-state index contributed by atoms with van der Waals surface area (Å²) >= 11 is 3.58. The van der Waals surface area contributed by atoms with E-state index in [2.05, 4.69) is 63.0 Å². The van der Waals surface area contributed by atoms with Gasteiger partial charge in [0.15, 0.2) is 5.78 Å². The van der Waals surface area contributed by atoms with Crippen LogP contribution < -0.4 is 15.4 Å². The van der Waals surface area contributed by atoms with Crippen LogP contribution in [0.25, 0.3) is 0 Å². The van der Waals surface area contributed by atoms with Crippen molar-refractivity contribution in [3.05, 3.63) is 99.7 Å². The fraction of sp³-hybridized carbons (Fsp3) is 0.192. The van der Waals surface area contributed by atoms with E-state index in [0.29, 0.717) is 6.42 Å². The van der Waals surface area contributed by atoms with Gasteiger partial charge in [-0.1, -0.05) is 52.3 Å². The predicted octanol–water partition coefficient (Wildman–Crippen LogP) is 6.44. The quantitative estimate of drug-likeness (QED) is 0.458. The lowest BCUT2D eigenvalue weighted by molar-refractivity contribution is -0.116. The molecule has 1 aliphatic carbocycles. The van der Waals surface area contributed by atoms with Crippen LogP contribution in [0.4, 0.5) is 11.4 Å². The maximum absolute atomic E-state index is 13.5. The first-order valence-electron chi connectivity index (χ1n) is 10.4. The number of para-hydroxylation sites is 2. The van der Waals surface area contributed by atoms with Crippen molar-refractivity contribution in [2.75, 3.05) is 17.7 Å². The van der Waals surface area contributed by atoms with Gasteiger partial charge in [-0.05, 0) is 59.9 Å². The lowest BCUT2D eigenvalue weighted by atomic mass is 9.78. The summed E-state index contributed by atoms with van der Waals surface area (Å²) in [6, 6.07) is 24.2. The molecule has 0 radical (unpaired) electrons. The van der Waals surface area contributed by atoms with Gasteiger partial charge in [-0.3, -0.25) is 4.79 Å². The highest BCUT2D eigenvalue weighted by atomic mass is 79.9. The minimum atomic E-state index is -0.201. The Kier molecular flexibility index (Phi) is 5.28. The maximum atomic E-state index is 13.5. The fourth-order valence-corrected chi connectivity index (χ4v) is 4.96. The third-order valence-electron chi connectivity index (χ3n) is 6.08. The summed E-state index contributed by atoms with van der Waals surface area (Å²) in [5.41, 5.74) is 6.05. The van der Waals surface area contributed by atoms with Crippen LogP contribution in [0.2, 0.25) is 0 Å². The van der Waals surface area contributed by atoms with Crippen molar-refractivity contribution < 1.29 is 9.53 Å². The number of ketones is 1. The van der Waals surface area contributed by atoms with Crippen molar-refractivity contribution in [3.8, 4) is 5.75 Å². The third-order valence-corrected chi connectivity index (χ3v) is 6.57. The summed E-state index contributed by atoms with van der Waals surface area (Å²) in [5, 5.41) is 7.21. The predicted molar refractivity (Wildman–Crippen MR) is 128 cm³/mol. The van der Waals surface area contributed by atoms with E-state index in [4.69, 9.17) is 4.74 Å². The molecule has 1 aliphatic heterocycles. The van der Waals surface area contributed by atoms with E-state index in [-0.39, 0.29) is 17.7 Å². The number of fused-ring (bicyclic) bond motifs is 1. The average molecular weight is 475 g/mol. The Morgan fingerprint density at radius 1 is 0.903 bits per heavy atom. The molecule has 4 nitrogen and oxygen atoms in total. The number of ether oxygens (including phenoxy) is 1. The van der Waals surface area contributed by atoms with E-state index in [1.54, 1.807) is 7.11 Å². The average Bonchev–Trinajstić information content (AvgIpc) is 2.96. The molecule has 31 heavy (non-hydrogen) atoms. The lowest BCUT2D eigenvalue weighted by Gasteiger charge is -2.30. The van der Waals surface area contributed by atoms with Gasteiger partial charge in [-0.25, -0.2) is 0 Å². The van der Waals surface area contributed by atoms with Gasteiger partial charge in [0.05, 0.1) is 24.5 Å². The second kappa shape index (κ2) is 8.23. The van der Waals surface area contributed by atoms with Crippen molar-refractivity contribution in [2.24, 2.45) is 0 Å². The number of hydrogen-bond acceptors (Lipinski definition) is 4. The molecule has 2 atom stereocenters. The highest BCUT2D eigenvalue weighted by Gasteiger charge is 2.36. The van der Waals surface area contributed by atoms with Crippen molar-refractivity contribution in [1.29, 1.82) is 0 Å². The van der Waals surface area contributed by atoms with Crippen LogP contribution >= 0.6 is 15.9 Å². The van der Waals surface area contributed by atoms with Gasteiger partial charge in [0.2, 0.25) is 0 Å². The third kappa shape index (κ3) is 3.86. The largest absolute Gasteiger partial charge is 0.497 e. The monoisotopic (exact) mass is 474 g/mol. The zero-order chi connectivity index (χ0) is 21.4. The number of hydrogen-bond donors (Lipinski definition) is 2. The molecule has 0 bridgehead atoms. The summed E-state index contributed by atoms with van der Waals surface area (Å²) in [4.78, 5) is 13.5. The second-order valence-corrected chi connectivity index (χ2v) is 8.91. The first kappa shape index (κ1) is 19.9. The molecule has 5 heteroatoms. The van der Waals surface area contributed by atoms with E-state index in [1.807, 2.05) is 36.4 Å². The Balaban J connectivity index is 1.58. The number of allylic oxidation sites excluding steroid dienone is 1. The van der Waals surface area contributed by atoms with E-state index >= 15 is 0 Å². The SMILES string of the molecule is COc1ccc([C@H]2CC(=O)C3=C(C2)Nc2ccccc2N[C@@H]3c2cccc(Br)c2)cc1. The molecule has 0 saturated carbocycles. The molecule has 0 saturated heterocycles. The number of benzene rings is 3. The van der Waals surface area contributed by atoms with Crippen molar-refractivity contribution >= 4 is 33.1 Å². The summed E-state index contributed by atoms with van der Waals surface area (Å²) in [6.07, 6.45) is 1.28. The Morgan fingerprint density at radius 2 is 1.68 bits per heavy atom. The smallest absolute Gasteiger partial charge is 0.163 e. The van der Waals surface area contributed by atoms with Gasteiger partial charge in [0.1, 0.15) is 5.75 Å². The van der Waals surface area contributed by atoms with Crippen molar-refractivity contribution in [1.82, 2.24) is 0 Å². The molecular formula is C26H23BrN2O2. The number of nitrogens with one attached hydrogen (secondary N) is 2. The molecule has 0 spiro atoms. The maximum Gasteiger partial charge on any atom is 0.163 e. The van der Waals surface area contributed by atoms with Gasteiger partial charge in [-0.15, -0.1) is 0 Å². The molecule has 0 amide bonds. The molecule has 156 valence electrons. The number of methoxy groups -OCH3 is 1. The number of halogens is 1. The van der Waals surface area contributed by atoms with Crippen molar-refractivity contribution in [3.63, 3.8) is 0 Å². The van der Waals surface area contributed by atoms with Crippen molar-refractivity contribution in [2.45, 2.75) is 24.8 Å². The van der Waals surface area contributed by atoms with Crippen LogP contribution in [0.3, 0.4) is 0 Å². The molecule has 2 aliphatic rings. The summed E-state index contributed by atoms with van der Waals surface area (Å²) in [7, 11) is 1.66. The number of anilines is 2. The summed E-state index contributed by atoms with van der Waals surface area (Å²) in [5.74, 6) is 1.14. The summed E-state index contributed by atoms with van der Waals surface area (Å²) < 4.78 is 6.29. The van der Waals surface area contributed by atoms with Crippen LogP contribution in [-0.4, -0.2) is 12.9 Å². The van der Waals surface area contributed by atoms with Crippen LogP contribution in [0, 0.1) is 0 Å². The highest BCUT2D eigenvalue weighted by Crippen LogP contribution is 2.44. The van der Waals surface area contributed by atoms with E-state index in [0.717, 1.165) is 50.4 Å². The standard InChI is InChI=1S/C26H23BrN2O2/c1-31-20-11-9-16(10-12-20)18-14-23-25(24(30)15-18)26(17-5-4-6-19(27)13-17)29-22-8-3-2-7-21(22)28-23/h2-13,18,26,28-29H,14-15H2,1H3/t18-,26-/m1/s1. The fourth-order valence-electron chi connectivity index (χ4n) is 4.54. The summed E-state index contributed by atoms with van der Waals surface area (Å²) in [6.45, 7) is 0. The highest BCUT2D eigenvalue weighted by molar-refractivity contribution is 9.10. The number of carbonyl (C=O) groups excluding carboxylic acids is 1. The van der Waals surface area contributed by atoms with Crippen LogP contribution in [0.5, 0.6) is 5.75 Å². The Bertz CT molecular complexity index is 1170. The minimum Gasteiger partial charge on any atom is -0.497 e. The normalized spacial score (nSPS) is 20.1. The van der Waals surface area contributed by atoms with Gasteiger partial charge in [0, 0.05) is 22.2 Å². The van der Waals surface area contributed by atoms with Gasteiger partial charge in [0.25, 0.3) is 0 Å². The van der Waals surface area contributed by atoms with Crippen LogP contribution in [-0.2, 0) is 4.79 Å². The molecule has 0 unspecified atom stereocenters. The molecule has 2 N–H and O–H groups in total. The van der Waals surface area contributed by atoms with Gasteiger partial charge in [-0.2, -0.15) is 0 Å². The number of carbonyl (C=O) groups is 1. The Morgan fingerprint density at radius 3 is 2.42 bits per heavy atom. The van der Waals surface area contributed by atoms with Crippen LogP contribution in [0.1, 0.15) is 35.9 Å².